The second-order valence-electron chi connectivity index (χ2n) is 8.00. The van der Waals surface area contributed by atoms with Gasteiger partial charge in [0.1, 0.15) is 0 Å². The first-order valence-electron chi connectivity index (χ1n) is 10.2. The molecule has 1 aliphatic heterocycles. The number of rotatable bonds is 4. The molecule has 5 heteroatoms. The van der Waals surface area contributed by atoms with Crippen molar-refractivity contribution in [2.45, 2.75) is 27.2 Å². The highest BCUT2D eigenvalue weighted by atomic mass is 16.2. The number of amides is 3. The Balaban J connectivity index is 1.63. The molecular formula is C26H24N2O3. The van der Waals surface area contributed by atoms with Gasteiger partial charge in [-0.2, -0.15) is 0 Å². The Kier molecular flexibility index (Phi) is 5.19. The molecule has 3 aromatic rings. The molecule has 0 saturated heterocycles. The monoisotopic (exact) mass is 412 g/mol. The van der Waals surface area contributed by atoms with E-state index in [1.807, 2.05) is 25.1 Å². The summed E-state index contributed by atoms with van der Waals surface area (Å²) in [4.78, 5) is 39.1. The summed E-state index contributed by atoms with van der Waals surface area (Å²) in [6.07, 6.45) is 0.778. The smallest absolute Gasteiger partial charge is 0.266 e. The van der Waals surface area contributed by atoms with Crippen LogP contribution >= 0.6 is 0 Å². The molecule has 4 rings (SSSR count). The van der Waals surface area contributed by atoms with Crippen molar-refractivity contribution in [1.29, 1.82) is 0 Å². The maximum absolute atomic E-state index is 13.0. The summed E-state index contributed by atoms with van der Waals surface area (Å²) in [5.74, 6) is -1.07. The number of hydrogen-bond acceptors (Lipinski definition) is 3. The van der Waals surface area contributed by atoms with Crippen LogP contribution in [0.25, 0.3) is 0 Å². The average Bonchev–Trinajstić information content (AvgIpc) is 3.00. The normalized spacial score (nSPS) is 12.8. The van der Waals surface area contributed by atoms with Crippen LogP contribution in [0.5, 0.6) is 0 Å². The lowest BCUT2D eigenvalue weighted by Gasteiger charge is -2.17. The SMILES string of the molecule is CNC(=O)c1ccc2c(c1)C(=O)N(c1ccc(Cc3ccc(C)c(C)c3)cc1C)C2=O. The summed E-state index contributed by atoms with van der Waals surface area (Å²) in [5, 5.41) is 2.53. The zero-order valence-corrected chi connectivity index (χ0v) is 18.1. The number of carbonyl (C=O) groups is 3. The van der Waals surface area contributed by atoms with Crippen LogP contribution in [-0.4, -0.2) is 24.8 Å². The van der Waals surface area contributed by atoms with Crippen molar-refractivity contribution in [1.82, 2.24) is 5.32 Å². The van der Waals surface area contributed by atoms with Crippen LogP contribution in [0.3, 0.4) is 0 Å². The lowest BCUT2D eigenvalue weighted by molar-refractivity contribution is 0.0924. The molecular weight excluding hydrogens is 388 g/mol. The lowest BCUT2D eigenvalue weighted by atomic mass is 9.99. The Morgan fingerprint density at radius 3 is 2.06 bits per heavy atom. The van der Waals surface area contributed by atoms with Crippen molar-refractivity contribution in [2.75, 3.05) is 11.9 Å². The third-order valence-electron chi connectivity index (χ3n) is 5.86. The van der Waals surface area contributed by atoms with Crippen LogP contribution in [0.15, 0.2) is 54.6 Å². The Morgan fingerprint density at radius 1 is 0.774 bits per heavy atom. The summed E-state index contributed by atoms with van der Waals surface area (Å²) >= 11 is 0. The zero-order valence-electron chi connectivity index (χ0n) is 18.1. The number of benzene rings is 3. The molecule has 5 nitrogen and oxygen atoms in total. The number of hydrogen-bond donors (Lipinski definition) is 1. The first-order chi connectivity index (χ1) is 14.8. The quantitative estimate of drug-likeness (QED) is 0.648. The van der Waals surface area contributed by atoms with Gasteiger partial charge in [-0.3, -0.25) is 14.4 Å². The highest BCUT2D eigenvalue weighted by molar-refractivity contribution is 6.35. The minimum atomic E-state index is -0.407. The molecule has 0 radical (unpaired) electrons. The first kappa shape index (κ1) is 20.5. The molecule has 1 heterocycles. The van der Waals surface area contributed by atoms with Crippen LogP contribution in [-0.2, 0) is 6.42 Å². The zero-order chi connectivity index (χ0) is 22.3. The number of fused-ring (bicyclic) bond motifs is 1. The van der Waals surface area contributed by atoms with Gasteiger partial charge in [-0.05, 0) is 79.3 Å². The molecule has 0 fully saturated rings. The fraction of sp³-hybridized carbons (Fsp3) is 0.192. The van der Waals surface area contributed by atoms with Gasteiger partial charge >= 0.3 is 0 Å². The van der Waals surface area contributed by atoms with E-state index in [9.17, 15) is 14.4 Å². The van der Waals surface area contributed by atoms with E-state index in [-0.39, 0.29) is 17.4 Å². The third kappa shape index (κ3) is 3.63. The highest BCUT2D eigenvalue weighted by Gasteiger charge is 2.37. The summed E-state index contributed by atoms with van der Waals surface area (Å²) in [7, 11) is 1.53. The minimum Gasteiger partial charge on any atom is -0.355 e. The van der Waals surface area contributed by atoms with Crippen molar-refractivity contribution in [2.24, 2.45) is 0 Å². The predicted molar refractivity (Wildman–Crippen MR) is 121 cm³/mol. The van der Waals surface area contributed by atoms with Crippen LogP contribution in [0, 0.1) is 20.8 Å². The van der Waals surface area contributed by atoms with Gasteiger partial charge in [0.25, 0.3) is 17.7 Å². The molecule has 0 atom stereocenters. The van der Waals surface area contributed by atoms with Crippen molar-refractivity contribution < 1.29 is 14.4 Å². The highest BCUT2D eigenvalue weighted by Crippen LogP contribution is 2.32. The van der Waals surface area contributed by atoms with Crippen molar-refractivity contribution in [3.8, 4) is 0 Å². The van der Waals surface area contributed by atoms with E-state index in [2.05, 4.69) is 37.4 Å². The average molecular weight is 412 g/mol. The Hall–Kier alpha value is -3.73. The largest absolute Gasteiger partial charge is 0.355 e. The van der Waals surface area contributed by atoms with E-state index in [1.54, 1.807) is 12.1 Å². The molecule has 0 spiro atoms. The summed E-state index contributed by atoms with van der Waals surface area (Å²) in [6.45, 7) is 6.10. The van der Waals surface area contributed by atoms with E-state index in [4.69, 9.17) is 0 Å². The van der Waals surface area contributed by atoms with Crippen molar-refractivity contribution in [3.05, 3.63) is 99.1 Å². The summed E-state index contributed by atoms with van der Waals surface area (Å²) in [5.41, 5.74) is 7.19. The number of anilines is 1. The van der Waals surface area contributed by atoms with Crippen molar-refractivity contribution in [3.63, 3.8) is 0 Å². The number of nitrogens with one attached hydrogen (secondary N) is 1. The molecule has 0 aromatic heterocycles. The van der Waals surface area contributed by atoms with Crippen LogP contribution in [0.2, 0.25) is 0 Å². The van der Waals surface area contributed by atoms with Gasteiger partial charge in [0.05, 0.1) is 16.8 Å². The summed E-state index contributed by atoms with van der Waals surface area (Å²) in [6, 6.07) is 16.8. The number of aryl methyl sites for hydroxylation is 3. The van der Waals surface area contributed by atoms with Crippen LogP contribution in [0.1, 0.15) is 58.9 Å². The Labute approximate surface area is 181 Å². The van der Waals surface area contributed by atoms with Gasteiger partial charge in [0, 0.05) is 12.6 Å². The standard InChI is InChI=1S/C26H24N2O3/c1-15-5-6-18(11-16(15)2)13-19-7-10-23(17(3)12-19)28-25(30)21-9-8-20(24(29)27-4)14-22(21)26(28)31/h5-12,14H,13H2,1-4H3,(H,27,29). The molecule has 0 aliphatic carbocycles. The van der Waals surface area contributed by atoms with Crippen LogP contribution in [0.4, 0.5) is 5.69 Å². The van der Waals surface area contributed by atoms with Gasteiger partial charge in [0.15, 0.2) is 0 Å². The van der Waals surface area contributed by atoms with Gasteiger partial charge in [0.2, 0.25) is 0 Å². The maximum Gasteiger partial charge on any atom is 0.266 e. The Morgan fingerprint density at radius 2 is 1.42 bits per heavy atom. The van der Waals surface area contributed by atoms with Gasteiger partial charge in [-0.15, -0.1) is 0 Å². The van der Waals surface area contributed by atoms with Gasteiger partial charge < -0.3 is 5.32 Å². The topological polar surface area (TPSA) is 66.5 Å². The van der Waals surface area contributed by atoms with E-state index >= 15 is 0 Å². The first-order valence-corrected chi connectivity index (χ1v) is 10.2. The number of nitrogens with zero attached hydrogens (tertiary/aromatic N) is 1. The Bertz CT molecular complexity index is 1240. The van der Waals surface area contributed by atoms with Gasteiger partial charge in [-0.1, -0.05) is 30.3 Å². The van der Waals surface area contributed by atoms with Crippen molar-refractivity contribution >= 4 is 23.4 Å². The second-order valence-corrected chi connectivity index (χ2v) is 8.00. The fourth-order valence-electron chi connectivity index (χ4n) is 3.97. The third-order valence-corrected chi connectivity index (χ3v) is 5.86. The maximum atomic E-state index is 13.0. The molecule has 1 aliphatic rings. The fourth-order valence-corrected chi connectivity index (χ4v) is 3.97. The number of carbonyl (C=O) groups excluding carboxylic acids is 3. The molecule has 3 aromatic carbocycles. The van der Waals surface area contributed by atoms with E-state index < -0.39 is 5.91 Å². The predicted octanol–water partition coefficient (Wildman–Crippen LogP) is 4.36. The van der Waals surface area contributed by atoms with E-state index in [0.717, 1.165) is 17.5 Å². The van der Waals surface area contributed by atoms with Crippen LogP contribution < -0.4 is 10.2 Å². The minimum absolute atomic E-state index is 0.254. The van der Waals surface area contributed by atoms with E-state index in [0.29, 0.717) is 16.8 Å². The second kappa shape index (κ2) is 7.84. The van der Waals surface area contributed by atoms with Gasteiger partial charge in [-0.25, -0.2) is 4.90 Å². The molecule has 3 amide bonds. The molecule has 0 saturated carbocycles. The molecule has 0 bridgehead atoms. The molecule has 156 valence electrons. The molecule has 1 N–H and O–H groups in total. The summed E-state index contributed by atoms with van der Waals surface area (Å²) < 4.78 is 0. The lowest BCUT2D eigenvalue weighted by Crippen LogP contribution is -2.30. The van der Waals surface area contributed by atoms with E-state index in [1.165, 1.54) is 34.7 Å². The number of imide groups is 1. The molecule has 0 unspecified atom stereocenters. The molecule has 31 heavy (non-hydrogen) atoms.